The second-order valence-corrected chi connectivity index (χ2v) is 12.4. The minimum Gasteiger partial charge on any atom is -0.394 e. The molecule has 0 bridgehead atoms. The molecule has 0 saturated carbocycles. The quantitative estimate of drug-likeness (QED) is 0.0462. The van der Waals surface area contributed by atoms with Gasteiger partial charge in [-0.1, -0.05) is 167 Å². The molecule has 5 nitrogen and oxygen atoms in total. The summed E-state index contributed by atoms with van der Waals surface area (Å²) in [5.41, 5.74) is 0. The normalized spacial score (nSPS) is 14.1. The molecule has 0 aromatic carbocycles. The van der Waals surface area contributed by atoms with Crippen molar-refractivity contribution in [3.05, 3.63) is 24.3 Å². The van der Waals surface area contributed by atoms with Crippen molar-refractivity contribution in [2.75, 3.05) is 6.61 Å². The first-order valence-electron chi connectivity index (χ1n) is 18.1. The summed E-state index contributed by atoms with van der Waals surface area (Å²) in [6, 6.07) is -0.835. The number of allylic oxidation sites excluding steroid dienone is 4. The average molecular weight is 594 g/mol. The molecule has 1 amide bonds. The molecule has 0 aliphatic heterocycles. The maximum atomic E-state index is 12.3. The largest absolute Gasteiger partial charge is 0.394 e. The van der Waals surface area contributed by atoms with Crippen LogP contribution in [0, 0.1) is 0 Å². The Morgan fingerprint density at radius 2 is 1.02 bits per heavy atom. The number of hydrogen-bond donors (Lipinski definition) is 4. The van der Waals surface area contributed by atoms with Gasteiger partial charge in [-0.25, -0.2) is 0 Å². The lowest BCUT2D eigenvalue weighted by molar-refractivity contribution is -0.124. The Hall–Kier alpha value is -1.17. The van der Waals surface area contributed by atoms with Crippen LogP contribution in [0.25, 0.3) is 0 Å². The van der Waals surface area contributed by atoms with Crippen molar-refractivity contribution in [1.29, 1.82) is 0 Å². The number of aliphatic hydroxyl groups excluding tert-OH is 3. The van der Waals surface area contributed by atoms with Crippen LogP contribution in [0.15, 0.2) is 24.3 Å². The van der Waals surface area contributed by atoms with Gasteiger partial charge >= 0.3 is 0 Å². The van der Waals surface area contributed by atoms with E-state index in [1.807, 2.05) is 6.08 Å². The Morgan fingerprint density at radius 1 is 0.595 bits per heavy atom. The van der Waals surface area contributed by atoms with Crippen molar-refractivity contribution < 1.29 is 20.1 Å². The van der Waals surface area contributed by atoms with Crippen molar-refractivity contribution >= 4 is 5.91 Å². The Labute approximate surface area is 261 Å². The summed E-state index contributed by atoms with van der Waals surface area (Å²) >= 11 is 0. The van der Waals surface area contributed by atoms with Crippen LogP contribution in [0.4, 0.5) is 0 Å². The van der Waals surface area contributed by atoms with Gasteiger partial charge in [-0.2, -0.15) is 0 Å². The average Bonchev–Trinajstić information content (AvgIpc) is 2.99. The molecule has 0 aromatic heterocycles. The summed E-state index contributed by atoms with van der Waals surface area (Å²) in [5, 5.41) is 33.3. The highest BCUT2D eigenvalue weighted by Gasteiger charge is 2.26. The number of aliphatic hydroxyl groups is 3. The molecule has 4 N–H and O–H groups in total. The number of rotatable bonds is 32. The van der Waals surface area contributed by atoms with Gasteiger partial charge < -0.3 is 20.6 Å². The summed E-state index contributed by atoms with van der Waals surface area (Å²) in [6.07, 6.45) is 37.0. The van der Waals surface area contributed by atoms with E-state index >= 15 is 0 Å². The molecule has 42 heavy (non-hydrogen) atoms. The minimum absolute atomic E-state index is 0.212. The first kappa shape index (κ1) is 40.8. The van der Waals surface area contributed by atoms with Crippen LogP contribution in [-0.2, 0) is 4.79 Å². The number of amides is 1. The molecule has 0 spiro atoms. The smallest absolute Gasteiger partial charge is 0.220 e. The number of unbranched alkanes of at least 4 members (excludes halogenated alkanes) is 20. The zero-order chi connectivity index (χ0) is 30.9. The summed E-state index contributed by atoms with van der Waals surface area (Å²) in [4.78, 5) is 12.3. The lowest BCUT2D eigenvalue weighted by Gasteiger charge is -2.26. The van der Waals surface area contributed by atoms with E-state index in [4.69, 9.17) is 0 Å². The van der Waals surface area contributed by atoms with E-state index in [0.29, 0.717) is 19.3 Å². The van der Waals surface area contributed by atoms with Crippen LogP contribution >= 0.6 is 0 Å². The Kier molecular flexibility index (Phi) is 31.8. The van der Waals surface area contributed by atoms with Gasteiger partial charge in [0.1, 0.15) is 6.10 Å². The van der Waals surface area contributed by atoms with Gasteiger partial charge in [0, 0.05) is 6.42 Å². The first-order valence-corrected chi connectivity index (χ1v) is 18.1. The van der Waals surface area contributed by atoms with Gasteiger partial charge in [0.05, 0.1) is 18.8 Å². The van der Waals surface area contributed by atoms with Crippen LogP contribution in [0.3, 0.4) is 0 Å². The molecule has 0 aliphatic rings. The van der Waals surface area contributed by atoms with Crippen molar-refractivity contribution in [2.45, 2.75) is 199 Å². The van der Waals surface area contributed by atoms with Crippen LogP contribution < -0.4 is 5.32 Å². The van der Waals surface area contributed by atoms with Gasteiger partial charge in [-0.05, 0) is 32.1 Å². The lowest BCUT2D eigenvalue weighted by Crippen LogP contribution is -2.50. The van der Waals surface area contributed by atoms with E-state index in [2.05, 4.69) is 37.4 Å². The third-order valence-electron chi connectivity index (χ3n) is 8.32. The topological polar surface area (TPSA) is 89.8 Å². The zero-order valence-electron chi connectivity index (χ0n) is 27.9. The van der Waals surface area contributed by atoms with Crippen molar-refractivity contribution in [1.82, 2.24) is 5.32 Å². The summed E-state index contributed by atoms with van der Waals surface area (Å²) in [6.45, 7) is 4.12. The monoisotopic (exact) mass is 594 g/mol. The SMILES string of the molecule is CCCCCCCC/C=C\C/C=C\CCC(=O)NC(CO)C(O)C(O)CCCCCCCCCCCCCCCCC. The summed E-state index contributed by atoms with van der Waals surface area (Å²) in [5.74, 6) is -0.212. The highest BCUT2D eigenvalue weighted by molar-refractivity contribution is 5.76. The predicted octanol–water partition coefficient (Wildman–Crippen LogP) is 9.48. The molecule has 0 aliphatic carbocycles. The zero-order valence-corrected chi connectivity index (χ0v) is 27.9. The summed E-state index contributed by atoms with van der Waals surface area (Å²) in [7, 11) is 0. The van der Waals surface area contributed by atoms with Crippen LogP contribution in [0.1, 0.15) is 181 Å². The van der Waals surface area contributed by atoms with Crippen LogP contribution in [-0.4, -0.2) is 46.1 Å². The Balaban J connectivity index is 3.77. The standard InChI is InChI=1S/C37H71NO4/c1-3-5-7-9-11-13-15-17-18-20-21-23-25-27-29-31-35(40)37(42)34(33-39)38-36(41)32-30-28-26-24-22-19-16-14-12-10-8-6-4-2/h19,22,26,28,34-35,37,39-40,42H,3-18,20-21,23-25,27,29-33H2,1-2H3,(H,38,41)/b22-19-,28-26-. The van der Waals surface area contributed by atoms with Gasteiger partial charge in [0.15, 0.2) is 0 Å². The maximum Gasteiger partial charge on any atom is 0.220 e. The van der Waals surface area contributed by atoms with Gasteiger partial charge in [-0.3, -0.25) is 4.79 Å². The molecule has 5 heteroatoms. The van der Waals surface area contributed by atoms with E-state index in [1.165, 1.54) is 116 Å². The minimum atomic E-state index is -1.15. The molecule has 0 fully saturated rings. The molecule has 248 valence electrons. The predicted molar refractivity (Wildman–Crippen MR) is 181 cm³/mol. The molecular weight excluding hydrogens is 522 g/mol. The van der Waals surface area contributed by atoms with E-state index in [1.54, 1.807) is 0 Å². The second kappa shape index (κ2) is 32.7. The highest BCUT2D eigenvalue weighted by atomic mass is 16.3. The fraction of sp³-hybridized carbons (Fsp3) is 0.865. The van der Waals surface area contributed by atoms with Crippen molar-refractivity contribution in [3.63, 3.8) is 0 Å². The van der Waals surface area contributed by atoms with E-state index in [0.717, 1.165) is 32.1 Å². The third-order valence-corrected chi connectivity index (χ3v) is 8.32. The van der Waals surface area contributed by atoms with Crippen LogP contribution in [0.2, 0.25) is 0 Å². The molecule has 3 unspecified atom stereocenters. The molecule has 3 atom stereocenters. The number of hydrogen-bond acceptors (Lipinski definition) is 4. The number of carbonyl (C=O) groups is 1. The van der Waals surface area contributed by atoms with E-state index in [-0.39, 0.29) is 12.5 Å². The van der Waals surface area contributed by atoms with E-state index in [9.17, 15) is 20.1 Å². The van der Waals surface area contributed by atoms with E-state index < -0.39 is 18.2 Å². The van der Waals surface area contributed by atoms with Gasteiger partial charge in [-0.15, -0.1) is 0 Å². The lowest BCUT2D eigenvalue weighted by atomic mass is 9.99. The van der Waals surface area contributed by atoms with Crippen molar-refractivity contribution in [2.24, 2.45) is 0 Å². The molecule has 0 radical (unpaired) electrons. The fourth-order valence-electron chi connectivity index (χ4n) is 5.45. The third kappa shape index (κ3) is 27.7. The molecule has 0 aromatic rings. The fourth-order valence-corrected chi connectivity index (χ4v) is 5.45. The number of carbonyl (C=O) groups excluding carboxylic acids is 1. The van der Waals surface area contributed by atoms with Crippen LogP contribution in [0.5, 0.6) is 0 Å². The summed E-state index contributed by atoms with van der Waals surface area (Å²) < 4.78 is 0. The van der Waals surface area contributed by atoms with Crippen molar-refractivity contribution in [3.8, 4) is 0 Å². The molecule has 0 heterocycles. The Bertz CT molecular complexity index is 621. The van der Waals surface area contributed by atoms with Gasteiger partial charge in [0.2, 0.25) is 5.91 Å². The maximum absolute atomic E-state index is 12.3. The Morgan fingerprint density at radius 3 is 1.50 bits per heavy atom. The molecule has 0 saturated heterocycles. The first-order chi connectivity index (χ1) is 20.6. The molecule has 0 rings (SSSR count). The molecular formula is C37H71NO4. The highest BCUT2D eigenvalue weighted by Crippen LogP contribution is 2.15. The second-order valence-electron chi connectivity index (χ2n) is 12.4. The number of nitrogens with one attached hydrogen (secondary N) is 1. The van der Waals surface area contributed by atoms with Gasteiger partial charge in [0.25, 0.3) is 0 Å².